The number of anilines is 1. The first-order valence-corrected chi connectivity index (χ1v) is 7.54. The molecular formula is C18H18FN3O. The molecule has 2 aromatic carbocycles. The van der Waals surface area contributed by atoms with E-state index in [2.05, 4.69) is 28.7 Å². The summed E-state index contributed by atoms with van der Waals surface area (Å²) in [5.41, 5.74) is 2.94. The van der Waals surface area contributed by atoms with Crippen molar-refractivity contribution in [2.24, 2.45) is 0 Å². The average Bonchev–Trinajstić information content (AvgIpc) is 2.93. The molecule has 0 unspecified atom stereocenters. The van der Waals surface area contributed by atoms with E-state index in [1.54, 1.807) is 24.5 Å². The van der Waals surface area contributed by atoms with Gasteiger partial charge in [-0.15, -0.1) is 0 Å². The second-order valence-corrected chi connectivity index (χ2v) is 5.77. The molecule has 0 atom stereocenters. The van der Waals surface area contributed by atoms with Crippen LogP contribution < -0.4 is 5.32 Å². The van der Waals surface area contributed by atoms with Crippen LogP contribution in [0.2, 0.25) is 0 Å². The van der Waals surface area contributed by atoms with E-state index in [1.807, 2.05) is 18.2 Å². The summed E-state index contributed by atoms with van der Waals surface area (Å²) < 4.78 is 15.6. The Morgan fingerprint density at radius 3 is 2.78 bits per heavy atom. The maximum Gasteiger partial charge on any atom is 0.228 e. The van der Waals surface area contributed by atoms with E-state index >= 15 is 0 Å². The van der Waals surface area contributed by atoms with Gasteiger partial charge < -0.3 is 9.88 Å². The average molecular weight is 311 g/mol. The summed E-state index contributed by atoms with van der Waals surface area (Å²) >= 11 is 0. The lowest BCUT2D eigenvalue weighted by molar-refractivity contribution is -0.115. The molecule has 0 radical (unpaired) electrons. The number of aromatic nitrogens is 2. The Hall–Kier alpha value is -2.69. The first-order chi connectivity index (χ1) is 11.0. The fraction of sp³-hybridized carbons (Fsp3) is 0.222. The zero-order chi connectivity index (χ0) is 16.4. The minimum Gasteiger partial charge on any atom is -0.328 e. The Kier molecular flexibility index (Phi) is 4.10. The number of rotatable bonds is 4. The molecule has 0 fully saturated rings. The van der Waals surface area contributed by atoms with E-state index < -0.39 is 5.82 Å². The Balaban J connectivity index is 1.76. The van der Waals surface area contributed by atoms with Crippen molar-refractivity contribution in [1.29, 1.82) is 0 Å². The van der Waals surface area contributed by atoms with Crippen molar-refractivity contribution in [3.05, 3.63) is 60.2 Å². The number of nitrogens with zero attached hydrogens (tertiary/aromatic N) is 2. The summed E-state index contributed by atoms with van der Waals surface area (Å²) in [6, 6.07) is 12.2. The number of hydrogen-bond acceptors (Lipinski definition) is 2. The first-order valence-electron chi connectivity index (χ1n) is 7.54. The predicted molar refractivity (Wildman–Crippen MR) is 88.9 cm³/mol. The van der Waals surface area contributed by atoms with E-state index in [9.17, 15) is 9.18 Å². The molecule has 0 aliphatic rings. The van der Waals surface area contributed by atoms with Crippen molar-refractivity contribution >= 4 is 22.6 Å². The van der Waals surface area contributed by atoms with Gasteiger partial charge in [-0.3, -0.25) is 4.79 Å². The number of nitrogens with one attached hydrogen (secondary N) is 1. The summed E-state index contributed by atoms with van der Waals surface area (Å²) in [6.07, 6.45) is 1.98. The van der Waals surface area contributed by atoms with E-state index in [-0.39, 0.29) is 18.0 Å². The minimum absolute atomic E-state index is 0.179. The lowest BCUT2D eigenvalue weighted by Gasteiger charge is -2.09. The van der Waals surface area contributed by atoms with Gasteiger partial charge in [-0.2, -0.15) is 0 Å². The molecule has 0 aliphatic carbocycles. The summed E-state index contributed by atoms with van der Waals surface area (Å²) in [4.78, 5) is 16.5. The maximum absolute atomic E-state index is 13.5. The quantitative estimate of drug-likeness (QED) is 0.793. The van der Waals surface area contributed by atoms with Gasteiger partial charge in [0, 0.05) is 6.04 Å². The summed E-state index contributed by atoms with van der Waals surface area (Å²) in [7, 11) is 0. The van der Waals surface area contributed by atoms with Crippen LogP contribution in [0.25, 0.3) is 11.0 Å². The van der Waals surface area contributed by atoms with Gasteiger partial charge in [0.1, 0.15) is 5.82 Å². The molecule has 1 N–H and O–H groups in total. The normalized spacial score (nSPS) is 11.1. The number of hydrogen-bond donors (Lipinski definition) is 1. The molecule has 0 spiro atoms. The topological polar surface area (TPSA) is 46.9 Å². The van der Waals surface area contributed by atoms with Crippen molar-refractivity contribution in [3.8, 4) is 0 Å². The van der Waals surface area contributed by atoms with Crippen LogP contribution in [0.15, 0.2) is 48.8 Å². The molecule has 0 bridgehead atoms. The van der Waals surface area contributed by atoms with Crippen LogP contribution in [0.3, 0.4) is 0 Å². The molecule has 3 aromatic rings. The number of carbonyl (C=O) groups is 1. The third-order valence-corrected chi connectivity index (χ3v) is 3.71. The van der Waals surface area contributed by atoms with Crippen molar-refractivity contribution in [2.45, 2.75) is 26.3 Å². The fourth-order valence-corrected chi connectivity index (χ4v) is 2.54. The van der Waals surface area contributed by atoms with Gasteiger partial charge in [0.05, 0.1) is 29.5 Å². The second-order valence-electron chi connectivity index (χ2n) is 5.77. The van der Waals surface area contributed by atoms with Crippen molar-refractivity contribution in [3.63, 3.8) is 0 Å². The van der Waals surface area contributed by atoms with Gasteiger partial charge in [0.25, 0.3) is 0 Å². The molecule has 23 heavy (non-hydrogen) atoms. The molecule has 5 heteroatoms. The highest BCUT2D eigenvalue weighted by atomic mass is 19.1. The van der Waals surface area contributed by atoms with Gasteiger partial charge in [-0.05, 0) is 43.7 Å². The van der Waals surface area contributed by atoms with Crippen LogP contribution in [0.1, 0.15) is 25.5 Å². The van der Waals surface area contributed by atoms with E-state index in [1.165, 1.54) is 6.07 Å². The summed E-state index contributed by atoms with van der Waals surface area (Å²) in [5.74, 6) is -0.690. The van der Waals surface area contributed by atoms with E-state index in [4.69, 9.17) is 0 Å². The van der Waals surface area contributed by atoms with Gasteiger partial charge in [-0.25, -0.2) is 9.37 Å². The molecule has 0 saturated heterocycles. The molecular weight excluding hydrogens is 293 g/mol. The van der Waals surface area contributed by atoms with Crippen LogP contribution in [-0.2, 0) is 11.2 Å². The molecule has 0 saturated carbocycles. The third kappa shape index (κ3) is 3.23. The Morgan fingerprint density at radius 2 is 2.04 bits per heavy atom. The zero-order valence-electron chi connectivity index (χ0n) is 13.1. The Bertz CT molecular complexity index is 854. The maximum atomic E-state index is 13.5. The molecule has 118 valence electrons. The third-order valence-electron chi connectivity index (χ3n) is 3.71. The van der Waals surface area contributed by atoms with Crippen molar-refractivity contribution in [1.82, 2.24) is 9.55 Å². The van der Waals surface area contributed by atoms with Crippen LogP contribution >= 0.6 is 0 Å². The largest absolute Gasteiger partial charge is 0.328 e. The second kappa shape index (κ2) is 6.20. The lowest BCUT2D eigenvalue weighted by atomic mass is 10.1. The smallest absolute Gasteiger partial charge is 0.228 e. The standard InChI is InChI=1S/C18H18FN3O/c1-12(2)22-11-20-16-9-13(7-8-17(16)22)10-18(23)21-15-6-4-3-5-14(15)19/h3-9,11-12H,10H2,1-2H3,(H,21,23). The van der Waals surface area contributed by atoms with Crippen LogP contribution in [0.4, 0.5) is 10.1 Å². The molecule has 3 rings (SSSR count). The SMILES string of the molecule is CC(C)n1cnc2cc(CC(=O)Nc3ccccc3F)ccc21. The van der Waals surface area contributed by atoms with Crippen molar-refractivity contribution in [2.75, 3.05) is 5.32 Å². The predicted octanol–water partition coefficient (Wildman–Crippen LogP) is 3.94. The molecule has 1 amide bonds. The molecule has 0 aliphatic heterocycles. The fourth-order valence-electron chi connectivity index (χ4n) is 2.54. The zero-order valence-corrected chi connectivity index (χ0v) is 13.1. The van der Waals surface area contributed by atoms with Crippen LogP contribution in [0, 0.1) is 5.82 Å². The number of imidazole rings is 1. The minimum atomic E-state index is -0.438. The number of fused-ring (bicyclic) bond motifs is 1. The van der Waals surface area contributed by atoms with Gasteiger partial charge >= 0.3 is 0 Å². The number of amides is 1. The van der Waals surface area contributed by atoms with Gasteiger partial charge in [-0.1, -0.05) is 18.2 Å². The highest BCUT2D eigenvalue weighted by Crippen LogP contribution is 2.19. The highest BCUT2D eigenvalue weighted by molar-refractivity contribution is 5.93. The number of benzene rings is 2. The number of halogens is 1. The van der Waals surface area contributed by atoms with Crippen LogP contribution in [-0.4, -0.2) is 15.5 Å². The molecule has 1 heterocycles. The van der Waals surface area contributed by atoms with Crippen molar-refractivity contribution < 1.29 is 9.18 Å². The van der Waals surface area contributed by atoms with E-state index in [0.717, 1.165) is 16.6 Å². The van der Waals surface area contributed by atoms with Gasteiger partial charge in [0.2, 0.25) is 5.91 Å². The first kappa shape index (κ1) is 15.2. The van der Waals surface area contributed by atoms with Crippen LogP contribution in [0.5, 0.6) is 0 Å². The number of para-hydroxylation sites is 1. The number of carbonyl (C=O) groups excluding carboxylic acids is 1. The molecule has 4 nitrogen and oxygen atoms in total. The van der Waals surface area contributed by atoms with Gasteiger partial charge in [0.15, 0.2) is 0 Å². The monoisotopic (exact) mass is 311 g/mol. The highest BCUT2D eigenvalue weighted by Gasteiger charge is 2.10. The summed E-state index contributed by atoms with van der Waals surface area (Å²) in [6.45, 7) is 4.19. The lowest BCUT2D eigenvalue weighted by Crippen LogP contribution is -2.15. The summed E-state index contributed by atoms with van der Waals surface area (Å²) in [5, 5.41) is 2.59. The Labute approximate surface area is 134 Å². The molecule has 1 aromatic heterocycles. The van der Waals surface area contributed by atoms with E-state index in [0.29, 0.717) is 6.04 Å². The Morgan fingerprint density at radius 1 is 1.26 bits per heavy atom.